The van der Waals surface area contributed by atoms with Crippen molar-refractivity contribution < 1.29 is 9.53 Å². The van der Waals surface area contributed by atoms with Gasteiger partial charge in [-0.3, -0.25) is 4.79 Å². The van der Waals surface area contributed by atoms with Crippen LogP contribution in [0.1, 0.15) is 55.3 Å². The number of amides is 1. The SMILES string of the molecule is O=C(Nc1cnc(N2CCCCC2)nc1)c1ccc(OC2CCCC2)nc1. The Hall–Kier alpha value is -2.70. The summed E-state index contributed by atoms with van der Waals surface area (Å²) in [6.45, 7) is 1.99. The van der Waals surface area contributed by atoms with Crippen molar-refractivity contribution in [1.29, 1.82) is 0 Å². The second kappa shape index (κ2) is 8.33. The smallest absolute Gasteiger partial charge is 0.257 e. The molecule has 0 radical (unpaired) electrons. The quantitative estimate of drug-likeness (QED) is 0.872. The Bertz CT molecular complexity index is 751. The van der Waals surface area contributed by atoms with E-state index in [-0.39, 0.29) is 12.0 Å². The first-order chi connectivity index (χ1) is 13.3. The highest BCUT2D eigenvalue weighted by molar-refractivity contribution is 6.03. The molecule has 0 spiro atoms. The third-order valence-corrected chi connectivity index (χ3v) is 5.12. The molecular weight excluding hydrogens is 342 g/mol. The van der Waals surface area contributed by atoms with E-state index in [9.17, 15) is 4.79 Å². The van der Waals surface area contributed by atoms with Crippen LogP contribution in [0.5, 0.6) is 5.88 Å². The van der Waals surface area contributed by atoms with Gasteiger partial charge in [-0.25, -0.2) is 15.0 Å². The summed E-state index contributed by atoms with van der Waals surface area (Å²) in [4.78, 5) is 27.6. The summed E-state index contributed by atoms with van der Waals surface area (Å²) >= 11 is 0. The maximum atomic E-state index is 12.4. The number of aromatic nitrogens is 3. The number of carbonyl (C=O) groups is 1. The van der Waals surface area contributed by atoms with E-state index in [1.807, 2.05) is 0 Å². The third kappa shape index (κ3) is 4.53. The van der Waals surface area contributed by atoms with Crippen LogP contribution in [-0.4, -0.2) is 40.1 Å². The van der Waals surface area contributed by atoms with Gasteiger partial charge in [0.05, 0.1) is 23.6 Å². The summed E-state index contributed by atoms with van der Waals surface area (Å²) in [7, 11) is 0. The zero-order chi connectivity index (χ0) is 18.5. The number of rotatable bonds is 5. The van der Waals surface area contributed by atoms with Crippen LogP contribution in [0, 0.1) is 0 Å². The molecule has 1 saturated heterocycles. The number of hydrogen-bond donors (Lipinski definition) is 1. The second-order valence-corrected chi connectivity index (χ2v) is 7.18. The molecule has 1 N–H and O–H groups in total. The minimum atomic E-state index is -0.232. The summed E-state index contributed by atoms with van der Waals surface area (Å²) < 4.78 is 5.83. The van der Waals surface area contributed by atoms with Crippen LogP contribution in [0.4, 0.5) is 11.6 Å². The first-order valence-corrected chi connectivity index (χ1v) is 9.79. The van der Waals surface area contributed by atoms with Crippen LogP contribution in [0.15, 0.2) is 30.7 Å². The first-order valence-electron chi connectivity index (χ1n) is 9.79. The van der Waals surface area contributed by atoms with Gasteiger partial charge in [-0.2, -0.15) is 0 Å². The molecule has 0 aromatic carbocycles. The zero-order valence-electron chi connectivity index (χ0n) is 15.4. The largest absolute Gasteiger partial charge is 0.474 e. The minimum absolute atomic E-state index is 0.232. The Balaban J connectivity index is 1.34. The standard InChI is InChI=1S/C20H25N5O2/c26-19(15-8-9-18(21-12-15)27-17-6-2-3-7-17)24-16-13-22-20(23-14-16)25-10-4-1-5-11-25/h8-9,12-14,17H,1-7,10-11H2,(H,24,26). The van der Waals surface area contributed by atoms with Gasteiger partial charge in [0.1, 0.15) is 6.10 Å². The van der Waals surface area contributed by atoms with Gasteiger partial charge in [0, 0.05) is 25.4 Å². The van der Waals surface area contributed by atoms with Crippen molar-refractivity contribution in [3.05, 3.63) is 36.3 Å². The van der Waals surface area contributed by atoms with Crippen LogP contribution < -0.4 is 15.0 Å². The van der Waals surface area contributed by atoms with Gasteiger partial charge < -0.3 is 15.0 Å². The molecule has 2 aromatic rings. The Morgan fingerprint density at radius 2 is 1.70 bits per heavy atom. The lowest BCUT2D eigenvalue weighted by molar-refractivity contribution is 0.102. The fourth-order valence-corrected chi connectivity index (χ4v) is 3.61. The molecule has 0 bridgehead atoms. The molecule has 0 unspecified atom stereocenters. The molecule has 0 atom stereocenters. The van der Waals surface area contributed by atoms with Crippen LogP contribution in [0.3, 0.4) is 0 Å². The lowest BCUT2D eigenvalue weighted by Crippen LogP contribution is -2.30. The van der Waals surface area contributed by atoms with Crippen LogP contribution in [0.2, 0.25) is 0 Å². The molecule has 142 valence electrons. The predicted molar refractivity (Wildman–Crippen MR) is 103 cm³/mol. The number of hydrogen-bond acceptors (Lipinski definition) is 6. The Morgan fingerprint density at radius 1 is 0.963 bits per heavy atom. The molecule has 2 aromatic heterocycles. The molecule has 2 aliphatic rings. The van der Waals surface area contributed by atoms with Gasteiger partial charge >= 0.3 is 0 Å². The maximum Gasteiger partial charge on any atom is 0.257 e. The summed E-state index contributed by atoms with van der Waals surface area (Å²) in [5.74, 6) is 1.07. The molecule has 4 rings (SSSR count). The minimum Gasteiger partial charge on any atom is -0.474 e. The van der Waals surface area contributed by atoms with Crippen LogP contribution in [0.25, 0.3) is 0 Å². The highest BCUT2D eigenvalue weighted by Gasteiger charge is 2.17. The molecule has 3 heterocycles. The number of ether oxygens (including phenoxy) is 1. The zero-order valence-corrected chi connectivity index (χ0v) is 15.4. The van der Waals surface area contributed by atoms with E-state index in [4.69, 9.17) is 4.74 Å². The molecule has 1 saturated carbocycles. The lowest BCUT2D eigenvalue weighted by Gasteiger charge is -2.26. The number of anilines is 2. The molecule has 7 nitrogen and oxygen atoms in total. The predicted octanol–water partition coefficient (Wildman–Crippen LogP) is 3.44. The van der Waals surface area contributed by atoms with Gasteiger partial charge in [0.25, 0.3) is 5.91 Å². The van der Waals surface area contributed by atoms with Crippen LogP contribution in [-0.2, 0) is 0 Å². The van der Waals surface area contributed by atoms with E-state index >= 15 is 0 Å². The highest BCUT2D eigenvalue weighted by atomic mass is 16.5. The number of carbonyl (C=O) groups excluding carboxylic acids is 1. The number of nitrogens with zero attached hydrogens (tertiary/aromatic N) is 4. The molecule has 1 amide bonds. The molecule has 1 aliphatic carbocycles. The Labute approximate surface area is 159 Å². The van der Waals surface area contributed by atoms with Crippen molar-refractivity contribution in [3.8, 4) is 5.88 Å². The lowest BCUT2D eigenvalue weighted by atomic mass is 10.1. The van der Waals surface area contributed by atoms with E-state index in [1.54, 1.807) is 30.7 Å². The van der Waals surface area contributed by atoms with E-state index in [0.29, 0.717) is 17.1 Å². The van der Waals surface area contributed by atoms with Crippen molar-refractivity contribution in [2.75, 3.05) is 23.3 Å². The van der Waals surface area contributed by atoms with Gasteiger partial charge in [-0.15, -0.1) is 0 Å². The topological polar surface area (TPSA) is 80.2 Å². The molecule has 1 aliphatic heterocycles. The number of piperidine rings is 1. The molecule has 27 heavy (non-hydrogen) atoms. The van der Waals surface area contributed by atoms with Gasteiger partial charge in [-0.1, -0.05) is 0 Å². The van der Waals surface area contributed by atoms with Gasteiger partial charge in [0.15, 0.2) is 0 Å². The monoisotopic (exact) mass is 367 g/mol. The second-order valence-electron chi connectivity index (χ2n) is 7.18. The van der Waals surface area contributed by atoms with Crippen molar-refractivity contribution in [1.82, 2.24) is 15.0 Å². The van der Waals surface area contributed by atoms with E-state index in [1.165, 1.54) is 32.1 Å². The van der Waals surface area contributed by atoms with E-state index < -0.39 is 0 Å². The molecule has 2 fully saturated rings. The van der Waals surface area contributed by atoms with Crippen molar-refractivity contribution in [2.24, 2.45) is 0 Å². The number of nitrogens with one attached hydrogen (secondary N) is 1. The Kier molecular flexibility index (Phi) is 5.46. The summed E-state index contributed by atoms with van der Waals surface area (Å²) in [5.41, 5.74) is 1.06. The summed E-state index contributed by atoms with van der Waals surface area (Å²) in [5, 5.41) is 2.82. The van der Waals surface area contributed by atoms with Crippen LogP contribution >= 0.6 is 0 Å². The fourth-order valence-electron chi connectivity index (χ4n) is 3.61. The number of pyridine rings is 1. The fraction of sp³-hybridized carbons (Fsp3) is 0.500. The Morgan fingerprint density at radius 3 is 2.37 bits per heavy atom. The van der Waals surface area contributed by atoms with Gasteiger partial charge in [0.2, 0.25) is 11.8 Å². The van der Waals surface area contributed by atoms with Crippen molar-refractivity contribution in [2.45, 2.75) is 51.0 Å². The van der Waals surface area contributed by atoms with Gasteiger partial charge in [-0.05, 0) is 51.0 Å². The normalized spacial score (nSPS) is 17.7. The summed E-state index contributed by atoms with van der Waals surface area (Å²) in [6, 6.07) is 3.48. The summed E-state index contributed by atoms with van der Waals surface area (Å²) in [6.07, 6.45) is 13.3. The molecular formula is C20H25N5O2. The maximum absolute atomic E-state index is 12.4. The van der Waals surface area contributed by atoms with E-state index in [0.717, 1.165) is 31.9 Å². The van der Waals surface area contributed by atoms with E-state index in [2.05, 4.69) is 25.2 Å². The average molecular weight is 367 g/mol. The third-order valence-electron chi connectivity index (χ3n) is 5.12. The average Bonchev–Trinajstić information content (AvgIpc) is 3.23. The van der Waals surface area contributed by atoms with Crippen molar-refractivity contribution in [3.63, 3.8) is 0 Å². The first kappa shape index (κ1) is 17.7. The highest BCUT2D eigenvalue weighted by Crippen LogP contribution is 2.23. The van der Waals surface area contributed by atoms with Crippen molar-refractivity contribution >= 4 is 17.5 Å². The molecule has 7 heteroatoms.